The van der Waals surface area contributed by atoms with Crippen LogP contribution < -0.4 is 10.6 Å². The highest BCUT2D eigenvalue weighted by molar-refractivity contribution is 6.39. The van der Waals surface area contributed by atoms with E-state index in [1.165, 1.54) is 63.1 Å². The van der Waals surface area contributed by atoms with Gasteiger partial charge in [0.2, 0.25) is 0 Å². The van der Waals surface area contributed by atoms with E-state index in [-0.39, 0.29) is 11.7 Å². The van der Waals surface area contributed by atoms with Crippen molar-refractivity contribution in [1.29, 1.82) is 0 Å². The van der Waals surface area contributed by atoms with Crippen molar-refractivity contribution in [2.24, 2.45) is 0 Å². The first-order chi connectivity index (χ1) is 12.2. The molecular formula is C20H29FN2O2. The van der Waals surface area contributed by atoms with E-state index < -0.39 is 17.6 Å². The third-order valence-corrected chi connectivity index (χ3v) is 4.77. The van der Waals surface area contributed by atoms with Crippen LogP contribution in [0.4, 0.5) is 10.1 Å². The number of anilines is 1. The number of para-hydroxylation sites is 1. The zero-order valence-corrected chi connectivity index (χ0v) is 14.9. The van der Waals surface area contributed by atoms with E-state index in [1.54, 1.807) is 6.07 Å². The highest BCUT2D eigenvalue weighted by Gasteiger charge is 2.19. The minimum absolute atomic E-state index is 0.0262. The molecule has 0 saturated heterocycles. The Hall–Kier alpha value is -1.91. The lowest BCUT2D eigenvalue weighted by Gasteiger charge is -2.19. The van der Waals surface area contributed by atoms with Gasteiger partial charge < -0.3 is 10.6 Å². The third kappa shape index (κ3) is 7.24. The van der Waals surface area contributed by atoms with Crippen LogP contribution in [0.5, 0.6) is 0 Å². The van der Waals surface area contributed by atoms with E-state index >= 15 is 0 Å². The number of hydrogen-bond donors (Lipinski definition) is 2. The van der Waals surface area contributed by atoms with Gasteiger partial charge in [0, 0.05) is 6.04 Å². The first-order valence-corrected chi connectivity index (χ1v) is 9.53. The molecule has 0 heterocycles. The molecule has 2 N–H and O–H groups in total. The highest BCUT2D eigenvalue weighted by Crippen LogP contribution is 2.17. The summed E-state index contributed by atoms with van der Waals surface area (Å²) in [6, 6.07) is 5.87. The van der Waals surface area contributed by atoms with E-state index in [4.69, 9.17) is 0 Å². The molecule has 4 nitrogen and oxygen atoms in total. The first-order valence-electron chi connectivity index (χ1n) is 9.53. The SMILES string of the molecule is O=C(Nc1ccccc1F)C(=O)NC1CCCCCCCCCCC1. The lowest BCUT2D eigenvalue weighted by molar-refractivity contribution is -0.136. The minimum atomic E-state index is -0.809. The highest BCUT2D eigenvalue weighted by atomic mass is 19.1. The summed E-state index contributed by atoms with van der Waals surface area (Å²) in [5.41, 5.74) is 0.0290. The number of carbonyl (C=O) groups excluding carboxylic acids is 2. The van der Waals surface area contributed by atoms with Crippen LogP contribution >= 0.6 is 0 Å². The standard InChI is InChI=1S/C20H29FN2O2/c21-17-14-10-11-15-18(17)23-20(25)19(24)22-16-12-8-6-4-2-1-3-5-7-9-13-16/h10-11,14-16H,1-9,12-13H2,(H,22,24)(H,23,25). The molecule has 0 unspecified atom stereocenters. The molecule has 5 heteroatoms. The number of halogens is 1. The fourth-order valence-corrected chi connectivity index (χ4v) is 3.30. The summed E-state index contributed by atoms with van der Waals surface area (Å²) in [6.45, 7) is 0. The molecule has 1 aromatic carbocycles. The van der Waals surface area contributed by atoms with Gasteiger partial charge in [-0.2, -0.15) is 0 Å². The summed E-state index contributed by atoms with van der Waals surface area (Å²) in [5.74, 6) is -2.04. The maximum absolute atomic E-state index is 13.6. The van der Waals surface area contributed by atoms with E-state index in [2.05, 4.69) is 10.6 Å². The van der Waals surface area contributed by atoms with Crippen molar-refractivity contribution in [3.8, 4) is 0 Å². The normalized spacial score (nSPS) is 17.8. The lowest BCUT2D eigenvalue weighted by Crippen LogP contribution is -2.42. The molecule has 0 aromatic heterocycles. The van der Waals surface area contributed by atoms with Crippen LogP contribution in [0.3, 0.4) is 0 Å². The Bertz CT molecular complexity index is 550. The Kier molecular flexibility index (Phi) is 8.43. The molecule has 1 fully saturated rings. The van der Waals surface area contributed by atoms with Crippen molar-refractivity contribution in [3.05, 3.63) is 30.1 Å². The Morgan fingerprint density at radius 2 is 1.32 bits per heavy atom. The molecule has 1 saturated carbocycles. The van der Waals surface area contributed by atoms with Gasteiger partial charge in [-0.1, -0.05) is 69.9 Å². The van der Waals surface area contributed by atoms with Crippen LogP contribution in [0.15, 0.2) is 24.3 Å². The van der Waals surface area contributed by atoms with Crippen molar-refractivity contribution in [2.75, 3.05) is 5.32 Å². The molecule has 0 spiro atoms. The number of rotatable bonds is 2. The average molecular weight is 348 g/mol. The molecule has 25 heavy (non-hydrogen) atoms. The number of nitrogens with one attached hydrogen (secondary N) is 2. The van der Waals surface area contributed by atoms with Crippen LogP contribution in [0, 0.1) is 5.82 Å². The van der Waals surface area contributed by atoms with Crippen molar-refractivity contribution in [2.45, 2.75) is 76.7 Å². The summed E-state index contributed by atoms with van der Waals surface area (Å²) in [6.07, 6.45) is 12.7. The van der Waals surface area contributed by atoms with Crippen LogP contribution in [-0.4, -0.2) is 17.9 Å². The second kappa shape index (κ2) is 10.9. The van der Waals surface area contributed by atoms with E-state index in [0.717, 1.165) is 25.7 Å². The summed E-state index contributed by atoms with van der Waals surface area (Å²) in [5, 5.41) is 5.18. The molecule has 0 atom stereocenters. The van der Waals surface area contributed by atoms with Gasteiger partial charge in [0.05, 0.1) is 5.69 Å². The van der Waals surface area contributed by atoms with Gasteiger partial charge in [-0.3, -0.25) is 9.59 Å². The van der Waals surface area contributed by atoms with Gasteiger partial charge in [-0.05, 0) is 25.0 Å². The molecule has 0 bridgehead atoms. The Labute approximate surface area is 149 Å². The quantitative estimate of drug-likeness (QED) is 0.770. The predicted molar refractivity (Wildman–Crippen MR) is 97.7 cm³/mol. The van der Waals surface area contributed by atoms with Crippen molar-refractivity contribution >= 4 is 17.5 Å². The maximum Gasteiger partial charge on any atom is 0.313 e. The summed E-state index contributed by atoms with van der Waals surface area (Å²) < 4.78 is 13.6. The van der Waals surface area contributed by atoms with Crippen LogP contribution in [0.1, 0.15) is 70.6 Å². The molecule has 0 radical (unpaired) electrons. The predicted octanol–water partition coefficient (Wildman–Crippen LogP) is 4.55. The van der Waals surface area contributed by atoms with Gasteiger partial charge in [0.25, 0.3) is 0 Å². The van der Waals surface area contributed by atoms with Gasteiger partial charge >= 0.3 is 11.8 Å². The van der Waals surface area contributed by atoms with Gasteiger partial charge in [-0.25, -0.2) is 4.39 Å². The molecular weight excluding hydrogens is 319 g/mol. The zero-order chi connectivity index (χ0) is 17.9. The lowest BCUT2D eigenvalue weighted by atomic mass is 9.98. The van der Waals surface area contributed by atoms with E-state index in [9.17, 15) is 14.0 Å². The average Bonchev–Trinajstić information content (AvgIpc) is 2.59. The molecule has 1 aliphatic carbocycles. The van der Waals surface area contributed by atoms with Crippen molar-refractivity contribution < 1.29 is 14.0 Å². The topological polar surface area (TPSA) is 58.2 Å². The van der Waals surface area contributed by atoms with Crippen molar-refractivity contribution in [1.82, 2.24) is 5.32 Å². The minimum Gasteiger partial charge on any atom is -0.345 e. The fraction of sp³-hybridized carbons (Fsp3) is 0.600. The second-order valence-electron chi connectivity index (χ2n) is 6.86. The van der Waals surface area contributed by atoms with Gasteiger partial charge in [0.1, 0.15) is 5.82 Å². The van der Waals surface area contributed by atoms with Gasteiger partial charge in [0.15, 0.2) is 0 Å². The number of amides is 2. The summed E-state index contributed by atoms with van der Waals surface area (Å²) in [7, 11) is 0. The molecule has 1 aromatic rings. The summed E-state index contributed by atoms with van der Waals surface area (Å²) in [4.78, 5) is 24.2. The van der Waals surface area contributed by atoms with Crippen molar-refractivity contribution in [3.63, 3.8) is 0 Å². The molecule has 0 aliphatic heterocycles. The Balaban J connectivity index is 1.84. The molecule has 2 amide bonds. The summed E-state index contributed by atoms with van der Waals surface area (Å²) >= 11 is 0. The maximum atomic E-state index is 13.6. The van der Waals surface area contributed by atoms with Crippen LogP contribution in [0.25, 0.3) is 0 Å². The van der Waals surface area contributed by atoms with Gasteiger partial charge in [-0.15, -0.1) is 0 Å². The monoisotopic (exact) mass is 348 g/mol. The van der Waals surface area contributed by atoms with E-state index in [0.29, 0.717) is 0 Å². The molecule has 1 aliphatic rings. The zero-order valence-electron chi connectivity index (χ0n) is 14.9. The largest absolute Gasteiger partial charge is 0.345 e. The number of hydrogen-bond acceptors (Lipinski definition) is 2. The van der Waals surface area contributed by atoms with Crippen LogP contribution in [-0.2, 0) is 9.59 Å². The molecule has 138 valence electrons. The Morgan fingerprint density at radius 1 is 0.800 bits per heavy atom. The number of carbonyl (C=O) groups is 2. The second-order valence-corrected chi connectivity index (χ2v) is 6.86. The van der Waals surface area contributed by atoms with E-state index in [1.807, 2.05) is 0 Å². The fourth-order valence-electron chi connectivity index (χ4n) is 3.30. The number of benzene rings is 1. The Morgan fingerprint density at radius 3 is 1.88 bits per heavy atom. The smallest absolute Gasteiger partial charge is 0.313 e. The third-order valence-electron chi connectivity index (χ3n) is 4.77. The molecule has 2 rings (SSSR count). The first kappa shape index (κ1) is 19.4. The van der Waals surface area contributed by atoms with Crippen LogP contribution in [0.2, 0.25) is 0 Å².